The van der Waals surface area contributed by atoms with Crippen LogP contribution >= 0.6 is 0 Å². The fraction of sp³-hybridized carbons (Fsp3) is 0.333. The number of fused-ring (bicyclic) bond motifs is 1. The molecule has 0 spiro atoms. The topological polar surface area (TPSA) is 113 Å². The largest absolute Gasteiger partial charge is 0.478 e. The molecule has 1 aromatic carbocycles. The molecule has 0 saturated carbocycles. The summed E-state index contributed by atoms with van der Waals surface area (Å²) in [6.07, 6.45) is 1.27. The molecule has 0 fully saturated rings. The molecule has 0 saturated heterocycles. The van der Waals surface area contributed by atoms with E-state index in [1.807, 2.05) is 0 Å². The number of nitrogens with one attached hydrogen (secondary N) is 2. The Morgan fingerprint density at radius 2 is 2.05 bits per heavy atom. The van der Waals surface area contributed by atoms with E-state index in [9.17, 15) is 18.0 Å². The molecule has 8 heteroatoms. The predicted octanol–water partition coefficient (Wildman–Crippen LogP) is 0.552. The van der Waals surface area contributed by atoms with Gasteiger partial charge in [-0.05, 0) is 24.6 Å². The highest BCUT2D eigenvalue weighted by molar-refractivity contribution is 7.90. The number of rotatable bonds is 4. The molecule has 0 aromatic heterocycles. The van der Waals surface area contributed by atoms with Crippen molar-refractivity contribution in [2.24, 2.45) is 0 Å². The summed E-state index contributed by atoms with van der Waals surface area (Å²) in [6, 6.07) is 3.67. The number of carbonyl (C=O) groups excluding carboxylic acids is 1. The van der Waals surface area contributed by atoms with Gasteiger partial charge in [-0.3, -0.25) is 4.79 Å². The summed E-state index contributed by atoms with van der Waals surface area (Å²) in [4.78, 5) is 22.7. The molecular formula is C12H14N2O5S. The van der Waals surface area contributed by atoms with Gasteiger partial charge in [-0.15, -0.1) is 0 Å². The van der Waals surface area contributed by atoms with Crippen LogP contribution in [-0.2, 0) is 14.6 Å². The number of hydrogen-bond acceptors (Lipinski definition) is 5. The first-order chi connectivity index (χ1) is 9.26. The Hall–Kier alpha value is -2.09. The van der Waals surface area contributed by atoms with Crippen molar-refractivity contribution in [2.45, 2.75) is 12.5 Å². The van der Waals surface area contributed by atoms with Gasteiger partial charge >= 0.3 is 5.97 Å². The molecule has 1 unspecified atom stereocenters. The minimum absolute atomic E-state index is 0.0698. The average Bonchev–Trinajstić information content (AvgIpc) is 2.34. The van der Waals surface area contributed by atoms with E-state index < -0.39 is 21.8 Å². The highest BCUT2D eigenvalue weighted by Crippen LogP contribution is 2.28. The summed E-state index contributed by atoms with van der Waals surface area (Å²) in [6.45, 7) is 0. The summed E-state index contributed by atoms with van der Waals surface area (Å²) in [5, 5.41) is 14.4. The number of benzene rings is 1. The first-order valence-corrected chi connectivity index (χ1v) is 7.95. The minimum atomic E-state index is -3.14. The van der Waals surface area contributed by atoms with E-state index in [-0.39, 0.29) is 23.6 Å². The Balaban J connectivity index is 2.17. The van der Waals surface area contributed by atoms with Crippen molar-refractivity contribution in [1.29, 1.82) is 0 Å². The van der Waals surface area contributed by atoms with E-state index in [0.29, 0.717) is 11.4 Å². The second-order valence-corrected chi connectivity index (χ2v) is 6.93. The maximum absolute atomic E-state index is 11.8. The van der Waals surface area contributed by atoms with Crippen LogP contribution in [0.25, 0.3) is 0 Å². The third kappa shape index (κ3) is 3.27. The van der Waals surface area contributed by atoms with Gasteiger partial charge in [0.15, 0.2) is 0 Å². The fourth-order valence-electron chi connectivity index (χ4n) is 1.91. The van der Waals surface area contributed by atoms with Crippen LogP contribution in [0.15, 0.2) is 18.2 Å². The number of amides is 1. The van der Waals surface area contributed by atoms with E-state index in [0.717, 1.165) is 6.26 Å². The van der Waals surface area contributed by atoms with Crippen molar-refractivity contribution in [1.82, 2.24) is 0 Å². The first-order valence-electron chi connectivity index (χ1n) is 5.89. The van der Waals surface area contributed by atoms with Gasteiger partial charge in [-0.2, -0.15) is 0 Å². The number of anilines is 2. The number of aromatic carboxylic acids is 1. The molecule has 2 rings (SSSR count). The lowest BCUT2D eigenvalue weighted by atomic mass is 10.1. The van der Waals surface area contributed by atoms with Crippen molar-refractivity contribution < 1.29 is 23.1 Å². The van der Waals surface area contributed by atoms with Crippen molar-refractivity contribution in [3.63, 3.8) is 0 Å². The van der Waals surface area contributed by atoms with Crippen LogP contribution in [0.5, 0.6) is 0 Å². The SMILES string of the molecule is CS(=O)(=O)CCC1Nc2ccc(C(=O)O)cc2NC1=O. The minimum Gasteiger partial charge on any atom is -0.478 e. The molecule has 1 atom stereocenters. The van der Waals surface area contributed by atoms with Crippen molar-refractivity contribution in [2.75, 3.05) is 22.6 Å². The van der Waals surface area contributed by atoms with Gasteiger partial charge in [0.05, 0.1) is 22.7 Å². The molecule has 0 bridgehead atoms. The van der Waals surface area contributed by atoms with Crippen molar-refractivity contribution >= 4 is 33.1 Å². The highest BCUT2D eigenvalue weighted by Gasteiger charge is 2.26. The maximum atomic E-state index is 11.8. The molecule has 20 heavy (non-hydrogen) atoms. The van der Waals surface area contributed by atoms with Crippen LogP contribution < -0.4 is 10.6 Å². The van der Waals surface area contributed by atoms with Gasteiger partial charge in [0.1, 0.15) is 15.9 Å². The monoisotopic (exact) mass is 298 g/mol. The Morgan fingerprint density at radius 3 is 2.65 bits per heavy atom. The van der Waals surface area contributed by atoms with Gasteiger partial charge in [0.2, 0.25) is 5.91 Å². The normalized spacial score (nSPS) is 17.9. The van der Waals surface area contributed by atoms with Crippen molar-refractivity contribution in [3.05, 3.63) is 23.8 Å². The lowest BCUT2D eigenvalue weighted by molar-refractivity contribution is -0.117. The molecular weight excluding hydrogens is 284 g/mol. The number of hydrogen-bond donors (Lipinski definition) is 3. The van der Waals surface area contributed by atoms with E-state index >= 15 is 0 Å². The van der Waals surface area contributed by atoms with Crippen molar-refractivity contribution in [3.8, 4) is 0 Å². The number of carboxylic acid groups (broad SMARTS) is 1. The third-order valence-electron chi connectivity index (χ3n) is 2.95. The molecule has 3 N–H and O–H groups in total. The summed E-state index contributed by atoms with van der Waals surface area (Å²) in [5.74, 6) is -1.55. The Morgan fingerprint density at radius 1 is 1.35 bits per heavy atom. The molecule has 0 aliphatic carbocycles. The molecule has 1 aromatic rings. The smallest absolute Gasteiger partial charge is 0.335 e. The van der Waals surface area contributed by atoms with Crippen LogP contribution in [0, 0.1) is 0 Å². The molecule has 108 valence electrons. The zero-order chi connectivity index (χ0) is 14.9. The molecule has 1 aliphatic heterocycles. The maximum Gasteiger partial charge on any atom is 0.335 e. The van der Waals surface area contributed by atoms with Gasteiger partial charge in [-0.1, -0.05) is 0 Å². The molecule has 7 nitrogen and oxygen atoms in total. The van der Waals surface area contributed by atoms with Gasteiger partial charge in [0.25, 0.3) is 0 Å². The molecule has 0 radical (unpaired) electrons. The molecule has 1 amide bonds. The van der Waals surface area contributed by atoms with Gasteiger partial charge < -0.3 is 15.7 Å². The zero-order valence-corrected chi connectivity index (χ0v) is 11.5. The third-order valence-corrected chi connectivity index (χ3v) is 3.93. The highest BCUT2D eigenvalue weighted by atomic mass is 32.2. The Kier molecular flexibility index (Phi) is 3.67. The summed E-state index contributed by atoms with van der Waals surface area (Å²) in [5.41, 5.74) is 1.03. The van der Waals surface area contributed by atoms with Crippen LogP contribution in [0.1, 0.15) is 16.8 Å². The summed E-state index contributed by atoms with van der Waals surface area (Å²) in [7, 11) is -3.14. The lowest BCUT2D eigenvalue weighted by Gasteiger charge is -2.26. The van der Waals surface area contributed by atoms with Crippen LogP contribution in [-0.4, -0.2) is 43.5 Å². The fourth-order valence-corrected chi connectivity index (χ4v) is 2.58. The predicted molar refractivity (Wildman–Crippen MR) is 73.8 cm³/mol. The quantitative estimate of drug-likeness (QED) is 0.748. The number of sulfone groups is 1. The van der Waals surface area contributed by atoms with E-state index in [2.05, 4.69) is 10.6 Å². The van der Waals surface area contributed by atoms with E-state index in [1.165, 1.54) is 12.1 Å². The van der Waals surface area contributed by atoms with Crippen LogP contribution in [0.3, 0.4) is 0 Å². The second-order valence-electron chi connectivity index (χ2n) is 4.67. The lowest BCUT2D eigenvalue weighted by Crippen LogP contribution is -2.40. The van der Waals surface area contributed by atoms with Gasteiger partial charge in [0, 0.05) is 6.26 Å². The average molecular weight is 298 g/mol. The Labute approximate surface area is 115 Å². The molecule has 1 heterocycles. The zero-order valence-electron chi connectivity index (χ0n) is 10.7. The van der Waals surface area contributed by atoms with E-state index in [4.69, 9.17) is 5.11 Å². The van der Waals surface area contributed by atoms with Crippen LogP contribution in [0.4, 0.5) is 11.4 Å². The van der Waals surface area contributed by atoms with Crippen LogP contribution in [0.2, 0.25) is 0 Å². The summed E-state index contributed by atoms with van der Waals surface area (Å²) >= 11 is 0. The standard InChI is InChI=1S/C12H14N2O5S/c1-20(18,19)5-4-9-11(15)14-10-6-7(12(16)17)2-3-8(10)13-9/h2-3,6,9,13H,4-5H2,1H3,(H,14,15)(H,16,17). The number of carbonyl (C=O) groups is 2. The molecule has 1 aliphatic rings. The second kappa shape index (κ2) is 5.12. The van der Waals surface area contributed by atoms with E-state index in [1.54, 1.807) is 6.07 Å². The summed E-state index contributed by atoms with van der Waals surface area (Å²) < 4.78 is 22.2. The Bertz CT molecular complexity index is 668. The van der Waals surface area contributed by atoms with Gasteiger partial charge in [-0.25, -0.2) is 13.2 Å². The first kappa shape index (κ1) is 14.3. The number of carboxylic acids is 1.